The zero-order chi connectivity index (χ0) is 14.1. The molecule has 2 unspecified atom stereocenters. The van der Waals surface area contributed by atoms with Crippen LogP contribution in [-0.4, -0.2) is 36.2 Å². The van der Waals surface area contributed by atoms with E-state index in [1.807, 2.05) is 0 Å². The van der Waals surface area contributed by atoms with E-state index in [-0.39, 0.29) is 5.41 Å². The first-order valence-electron chi connectivity index (χ1n) is 8.99. The molecule has 2 atom stereocenters. The summed E-state index contributed by atoms with van der Waals surface area (Å²) in [6, 6.07) is 0. The van der Waals surface area contributed by atoms with E-state index in [1.54, 1.807) is 0 Å². The van der Waals surface area contributed by atoms with Gasteiger partial charge in [-0.3, -0.25) is 0 Å². The van der Waals surface area contributed by atoms with Crippen LogP contribution in [-0.2, 0) is 0 Å². The Morgan fingerprint density at radius 2 is 1.70 bits per heavy atom. The first-order valence-corrected chi connectivity index (χ1v) is 8.99. The number of piperidine rings is 1. The maximum Gasteiger partial charge on any atom is 0.0499 e. The van der Waals surface area contributed by atoms with Gasteiger partial charge < -0.3 is 10.0 Å². The van der Waals surface area contributed by atoms with E-state index in [9.17, 15) is 5.11 Å². The molecule has 0 radical (unpaired) electrons. The molecule has 2 heteroatoms. The van der Waals surface area contributed by atoms with Crippen molar-refractivity contribution in [2.24, 2.45) is 16.7 Å². The molecule has 2 nitrogen and oxygen atoms in total. The van der Waals surface area contributed by atoms with Gasteiger partial charge in [0, 0.05) is 18.6 Å². The Morgan fingerprint density at radius 3 is 2.30 bits per heavy atom. The fourth-order valence-electron chi connectivity index (χ4n) is 5.39. The molecular formula is C18H33NO. The summed E-state index contributed by atoms with van der Waals surface area (Å²) in [5, 5.41) is 9.97. The molecule has 1 N–H and O–H groups in total. The topological polar surface area (TPSA) is 23.5 Å². The highest BCUT2D eigenvalue weighted by atomic mass is 16.3. The first kappa shape index (κ1) is 14.8. The third-order valence-corrected chi connectivity index (χ3v) is 6.66. The Kier molecular flexibility index (Phi) is 4.42. The molecule has 20 heavy (non-hydrogen) atoms. The lowest BCUT2D eigenvalue weighted by Gasteiger charge is -2.46. The second-order valence-electron chi connectivity index (χ2n) is 8.34. The van der Waals surface area contributed by atoms with Crippen LogP contribution in [0.25, 0.3) is 0 Å². The zero-order valence-electron chi connectivity index (χ0n) is 13.4. The van der Waals surface area contributed by atoms with Crippen molar-refractivity contribution in [3.05, 3.63) is 0 Å². The van der Waals surface area contributed by atoms with Crippen molar-refractivity contribution in [2.75, 3.05) is 26.2 Å². The van der Waals surface area contributed by atoms with Crippen LogP contribution in [0.1, 0.15) is 71.1 Å². The van der Waals surface area contributed by atoms with Gasteiger partial charge in [-0.15, -0.1) is 0 Å². The molecule has 3 fully saturated rings. The summed E-state index contributed by atoms with van der Waals surface area (Å²) in [6.45, 7) is 6.50. The van der Waals surface area contributed by atoms with Crippen LogP contribution in [0, 0.1) is 16.7 Å². The molecule has 2 saturated carbocycles. The van der Waals surface area contributed by atoms with Crippen molar-refractivity contribution in [3.63, 3.8) is 0 Å². The summed E-state index contributed by atoms with van der Waals surface area (Å²) in [7, 11) is 0. The van der Waals surface area contributed by atoms with Crippen molar-refractivity contribution in [3.8, 4) is 0 Å². The fourth-order valence-corrected chi connectivity index (χ4v) is 5.39. The van der Waals surface area contributed by atoms with E-state index in [0.29, 0.717) is 6.61 Å². The largest absolute Gasteiger partial charge is 0.396 e. The molecule has 116 valence electrons. The minimum absolute atomic E-state index is 0.220. The Labute approximate surface area is 124 Å². The van der Waals surface area contributed by atoms with Crippen LogP contribution in [0.4, 0.5) is 0 Å². The number of aliphatic hydroxyl groups excluding tert-OH is 1. The summed E-state index contributed by atoms with van der Waals surface area (Å²) in [6.07, 6.45) is 13.9. The Bertz CT molecular complexity index is 313. The smallest absolute Gasteiger partial charge is 0.0499 e. The van der Waals surface area contributed by atoms with Crippen molar-refractivity contribution < 1.29 is 5.11 Å². The van der Waals surface area contributed by atoms with Crippen LogP contribution in [0.3, 0.4) is 0 Å². The molecule has 0 amide bonds. The number of aliphatic hydroxyl groups is 1. The molecule has 1 aliphatic heterocycles. The molecule has 1 heterocycles. The van der Waals surface area contributed by atoms with Crippen LogP contribution < -0.4 is 0 Å². The van der Waals surface area contributed by atoms with E-state index in [2.05, 4.69) is 11.8 Å². The lowest BCUT2D eigenvalue weighted by atomic mass is 9.69. The lowest BCUT2D eigenvalue weighted by molar-refractivity contribution is 0.00300. The van der Waals surface area contributed by atoms with Gasteiger partial charge in [-0.05, 0) is 62.9 Å². The van der Waals surface area contributed by atoms with E-state index < -0.39 is 0 Å². The quantitative estimate of drug-likeness (QED) is 0.848. The molecule has 1 spiro atoms. The number of hydrogen-bond acceptors (Lipinski definition) is 2. The van der Waals surface area contributed by atoms with Crippen LogP contribution in [0.5, 0.6) is 0 Å². The molecule has 0 aromatic heterocycles. The molecule has 0 aromatic rings. The molecule has 2 aliphatic carbocycles. The average Bonchev–Trinajstić information content (AvgIpc) is 2.90. The highest BCUT2D eigenvalue weighted by molar-refractivity contribution is 4.93. The monoisotopic (exact) mass is 279 g/mol. The second kappa shape index (κ2) is 5.96. The van der Waals surface area contributed by atoms with Crippen LogP contribution >= 0.6 is 0 Å². The minimum Gasteiger partial charge on any atom is -0.396 e. The summed E-state index contributed by atoms with van der Waals surface area (Å²) >= 11 is 0. The SMILES string of the molecule is CC1CCCC(CO)(CN2CCC3(CCCC3)CC2)C1. The first-order chi connectivity index (χ1) is 9.65. The highest BCUT2D eigenvalue weighted by Gasteiger charge is 2.40. The van der Waals surface area contributed by atoms with Crippen LogP contribution in [0.15, 0.2) is 0 Å². The Hall–Kier alpha value is -0.0800. The van der Waals surface area contributed by atoms with Crippen molar-refractivity contribution >= 4 is 0 Å². The number of hydrogen-bond donors (Lipinski definition) is 1. The van der Waals surface area contributed by atoms with E-state index in [4.69, 9.17) is 0 Å². The van der Waals surface area contributed by atoms with Crippen molar-refractivity contribution in [2.45, 2.75) is 71.1 Å². The minimum atomic E-state index is 0.220. The van der Waals surface area contributed by atoms with Gasteiger partial charge in [0.05, 0.1) is 0 Å². The van der Waals surface area contributed by atoms with Gasteiger partial charge in [0.25, 0.3) is 0 Å². The number of likely N-dealkylation sites (tertiary alicyclic amines) is 1. The van der Waals surface area contributed by atoms with E-state index in [0.717, 1.165) is 17.9 Å². The Morgan fingerprint density at radius 1 is 1.00 bits per heavy atom. The third-order valence-electron chi connectivity index (χ3n) is 6.66. The predicted octanol–water partition coefficient (Wildman–Crippen LogP) is 3.83. The number of rotatable bonds is 3. The van der Waals surface area contributed by atoms with Gasteiger partial charge in [-0.25, -0.2) is 0 Å². The van der Waals surface area contributed by atoms with Gasteiger partial charge in [0.1, 0.15) is 0 Å². The summed E-state index contributed by atoms with van der Waals surface area (Å²) in [5.41, 5.74) is 0.945. The molecular weight excluding hydrogens is 246 g/mol. The van der Waals surface area contributed by atoms with Gasteiger partial charge in [0.15, 0.2) is 0 Å². The zero-order valence-corrected chi connectivity index (χ0v) is 13.4. The van der Waals surface area contributed by atoms with Gasteiger partial charge in [-0.1, -0.05) is 32.6 Å². The molecule has 1 saturated heterocycles. The third kappa shape index (κ3) is 3.06. The summed E-state index contributed by atoms with van der Waals surface area (Å²) in [4.78, 5) is 2.68. The van der Waals surface area contributed by atoms with E-state index in [1.165, 1.54) is 77.3 Å². The lowest BCUT2D eigenvalue weighted by Crippen LogP contribution is -2.47. The maximum absolute atomic E-state index is 9.97. The summed E-state index contributed by atoms with van der Waals surface area (Å²) < 4.78 is 0. The highest BCUT2D eigenvalue weighted by Crippen LogP contribution is 2.47. The standard InChI is InChI=1S/C18H33NO/c1-16-5-4-8-18(13-16,15-20)14-19-11-9-17(10-12-19)6-2-3-7-17/h16,20H,2-15H2,1H3. The summed E-state index contributed by atoms with van der Waals surface area (Å²) in [5.74, 6) is 0.807. The average molecular weight is 279 g/mol. The van der Waals surface area contributed by atoms with Crippen molar-refractivity contribution in [1.82, 2.24) is 4.90 Å². The molecule has 3 rings (SSSR count). The normalized spacial score (nSPS) is 38.4. The number of nitrogens with zero attached hydrogens (tertiary/aromatic N) is 1. The van der Waals surface area contributed by atoms with E-state index >= 15 is 0 Å². The van der Waals surface area contributed by atoms with Gasteiger partial charge in [0.2, 0.25) is 0 Å². The second-order valence-corrected chi connectivity index (χ2v) is 8.34. The fraction of sp³-hybridized carbons (Fsp3) is 1.00. The predicted molar refractivity (Wildman–Crippen MR) is 83.7 cm³/mol. The Balaban J connectivity index is 1.55. The molecule has 3 aliphatic rings. The van der Waals surface area contributed by atoms with Crippen molar-refractivity contribution in [1.29, 1.82) is 0 Å². The van der Waals surface area contributed by atoms with Gasteiger partial charge in [-0.2, -0.15) is 0 Å². The molecule has 0 aromatic carbocycles. The maximum atomic E-state index is 9.97. The van der Waals surface area contributed by atoms with Gasteiger partial charge >= 0.3 is 0 Å². The molecule has 0 bridgehead atoms. The van der Waals surface area contributed by atoms with Crippen LogP contribution in [0.2, 0.25) is 0 Å².